The molecule has 1 aromatic carbocycles. The van der Waals surface area contributed by atoms with Gasteiger partial charge in [-0.1, -0.05) is 12.1 Å². The fraction of sp³-hybridized carbons (Fsp3) is 0.214. The third-order valence-corrected chi connectivity index (χ3v) is 2.74. The Morgan fingerprint density at radius 2 is 2.21 bits per heavy atom. The molecule has 0 atom stereocenters. The molecule has 0 unspecified atom stereocenters. The predicted molar refractivity (Wildman–Crippen MR) is 71.8 cm³/mol. The first-order chi connectivity index (χ1) is 9.24. The lowest BCUT2D eigenvalue weighted by Crippen LogP contribution is -2.19. The maximum absolute atomic E-state index is 9.05. The molecule has 0 aliphatic carbocycles. The molecule has 96 valence electrons. The summed E-state index contributed by atoms with van der Waals surface area (Å²) in [6, 6.07) is 11.6. The van der Waals surface area contributed by atoms with Crippen molar-refractivity contribution in [3.63, 3.8) is 0 Å². The zero-order valence-corrected chi connectivity index (χ0v) is 10.9. The lowest BCUT2D eigenvalue weighted by molar-refractivity contribution is 0.414. The van der Waals surface area contributed by atoms with E-state index in [0.717, 1.165) is 11.3 Å². The van der Waals surface area contributed by atoms with Gasteiger partial charge in [0.05, 0.1) is 18.9 Å². The van der Waals surface area contributed by atoms with Gasteiger partial charge in [0.1, 0.15) is 11.8 Å². The average Bonchev–Trinajstić information content (AvgIpc) is 2.47. The van der Waals surface area contributed by atoms with Crippen molar-refractivity contribution in [1.82, 2.24) is 10.2 Å². The Bertz CT molecular complexity index is 606. The van der Waals surface area contributed by atoms with Gasteiger partial charge >= 0.3 is 0 Å². The number of hydrogen-bond acceptors (Lipinski definition) is 5. The number of aromatic nitrogens is 2. The monoisotopic (exact) mass is 254 g/mol. The molecule has 5 nitrogen and oxygen atoms in total. The molecule has 2 aromatic rings. The zero-order chi connectivity index (χ0) is 13.7. The van der Waals surface area contributed by atoms with Crippen LogP contribution in [0.2, 0.25) is 0 Å². The Kier molecular flexibility index (Phi) is 3.94. The molecule has 0 bridgehead atoms. The highest BCUT2D eigenvalue weighted by Crippen LogP contribution is 2.18. The maximum Gasteiger partial charge on any atom is 0.169 e. The molecule has 0 spiro atoms. The van der Waals surface area contributed by atoms with E-state index in [4.69, 9.17) is 10.00 Å². The minimum Gasteiger partial charge on any atom is -0.497 e. The van der Waals surface area contributed by atoms with Crippen LogP contribution in [0.5, 0.6) is 5.75 Å². The number of hydrogen-bond donors (Lipinski definition) is 0. The van der Waals surface area contributed by atoms with E-state index in [2.05, 4.69) is 16.3 Å². The Morgan fingerprint density at radius 3 is 2.95 bits per heavy atom. The van der Waals surface area contributed by atoms with Crippen molar-refractivity contribution in [3.8, 4) is 11.8 Å². The highest BCUT2D eigenvalue weighted by molar-refractivity contribution is 5.52. The van der Waals surface area contributed by atoms with Crippen LogP contribution in [-0.2, 0) is 6.54 Å². The first kappa shape index (κ1) is 12.8. The van der Waals surface area contributed by atoms with Crippen molar-refractivity contribution in [2.45, 2.75) is 6.54 Å². The maximum atomic E-state index is 9.05. The normalized spacial score (nSPS) is 9.74. The molecule has 1 aromatic heterocycles. The van der Waals surface area contributed by atoms with E-state index in [1.807, 2.05) is 36.2 Å². The lowest BCUT2D eigenvalue weighted by Gasteiger charge is -2.18. The predicted octanol–water partition coefficient (Wildman–Crippen LogP) is 1.99. The molecule has 0 aliphatic heterocycles. The van der Waals surface area contributed by atoms with E-state index < -0.39 is 0 Å². The lowest BCUT2D eigenvalue weighted by atomic mass is 10.2. The molecule has 5 heteroatoms. The van der Waals surface area contributed by atoms with E-state index >= 15 is 0 Å². The van der Waals surface area contributed by atoms with Gasteiger partial charge in [-0.2, -0.15) is 10.4 Å². The Labute approximate surface area is 112 Å². The third-order valence-electron chi connectivity index (χ3n) is 2.74. The summed E-state index contributed by atoms with van der Waals surface area (Å²) in [4.78, 5) is 1.89. The van der Waals surface area contributed by atoms with Crippen LogP contribution >= 0.6 is 0 Å². The van der Waals surface area contributed by atoms with Gasteiger partial charge in [-0.25, -0.2) is 0 Å². The summed E-state index contributed by atoms with van der Waals surface area (Å²) < 4.78 is 5.19. The summed E-state index contributed by atoms with van der Waals surface area (Å²) in [6.45, 7) is 0.630. The molecule has 0 N–H and O–H groups in total. The summed E-state index contributed by atoms with van der Waals surface area (Å²) in [5.41, 5.74) is 1.59. The molecule has 19 heavy (non-hydrogen) atoms. The summed E-state index contributed by atoms with van der Waals surface area (Å²) in [6.07, 6.45) is 1.52. The molecule has 2 rings (SSSR count). The van der Waals surface area contributed by atoms with E-state index in [9.17, 15) is 0 Å². The first-order valence-corrected chi connectivity index (χ1v) is 5.80. The second kappa shape index (κ2) is 5.83. The van der Waals surface area contributed by atoms with Crippen molar-refractivity contribution < 1.29 is 4.74 Å². The van der Waals surface area contributed by atoms with Gasteiger partial charge in [-0.15, -0.1) is 5.10 Å². The summed E-state index contributed by atoms with van der Waals surface area (Å²) in [7, 11) is 3.52. The summed E-state index contributed by atoms with van der Waals surface area (Å²) in [5.74, 6) is 1.39. The van der Waals surface area contributed by atoms with Gasteiger partial charge in [-0.3, -0.25) is 0 Å². The van der Waals surface area contributed by atoms with Crippen LogP contribution in [0.15, 0.2) is 36.5 Å². The van der Waals surface area contributed by atoms with Gasteiger partial charge in [0.25, 0.3) is 0 Å². The molecule has 0 saturated carbocycles. The number of nitriles is 1. The number of rotatable bonds is 4. The molecule has 0 aliphatic rings. The van der Waals surface area contributed by atoms with Crippen molar-refractivity contribution in [2.75, 3.05) is 19.1 Å². The fourth-order valence-corrected chi connectivity index (χ4v) is 1.81. The molecule has 0 fully saturated rings. The van der Waals surface area contributed by atoms with E-state index in [1.54, 1.807) is 13.2 Å². The van der Waals surface area contributed by atoms with Gasteiger partial charge in [-0.05, 0) is 23.8 Å². The second-order valence-corrected chi connectivity index (χ2v) is 4.09. The first-order valence-electron chi connectivity index (χ1n) is 5.80. The minimum atomic E-state index is 0.514. The van der Waals surface area contributed by atoms with E-state index in [-0.39, 0.29) is 0 Å². The Morgan fingerprint density at radius 1 is 1.37 bits per heavy atom. The quantitative estimate of drug-likeness (QED) is 0.835. The highest BCUT2D eigenvalue weighted by Gasteiger charge is 2.09. The number of anilines is 1. The van der Waals surface area contributed by atoms with E-state index in [0.29, 0.717) is 17.9 Å². The number of nitrogens with zero attached hydrogens (tertiary/aromatic N) is 4. The van der Waals surface area contributed by atoms with Crippen LogP contribution in [0.4, 0.5) is 5.82 Å². The number of benzene rings is 1. The van der Waals surface area contributed by atoms with Crippen molar-refractivity contribution in [3.05, 3.63) is 47.7 Å². The van der Waals surface area contributed by atoms with Crippen LogP contribution in [0.25, 0.3) is 0 Å². The van der Waals surface area contributed by atoms with Crippen molar-refractivity contribution >= 4 is 5.82 Å². The summed E-state index contributed by atoms with van der Waals surface area (Å²) >= 11 is 0. The molecular formula is C14H14N4O. The van der Waals surface area contributed by atoms with Gasteiger partial charge in [0, 0.05) is 13.6 Å². The van der Waals surface area contributed by atoms with E-state index in [1.165, 1.54) is 6.20 Å². The Hall–Kier alpha value is -2.61. The SMILES string of the molecule is COc1cccc(CN(C)c2nnccc2C#N)c1. The van der Waals surface area contributed by atoms with Crippen molar-refractivity contribution in [2.24, 2.45) is 0 Å². The van der Waals surface area contributed by atoms with Crippen LogP contribution in [0.1, 0.15) is 11.1 Å². The topological polar surface area (TPSA) is 62.0 Å². The highest BCUT2D eigenvalue weighted by atomic mass is 16.5. The van der Waals surface area contributed by atoms with Gasteiger partial charge in [0.15, 0.2) is 5.82 Å². The molecule has 0 saturated heterocycles. The van der Waals surface area contributed by atoms with Crippen LogP contribution < -0.4 is 9.64 Å². The smallest absolute Gasteiger partial charge is 0.169 e. The fourth-order valence-electron chi connectivity index (χ4n) is 1.81. The number of methoxy groups -OCH3 is 1. The standard InChI is InChI=1S/C14H14N4O/c1-18(14-12(9-15)6-7-16-17-14)10-11-4-3-5-13(8-11)19-2/h3-8H,10H2,1-2H3. The summed E-state index contributed by atoms with van der Waals surface area (Å²) in [5, 5.41) is 16.9. The van der Waals surface area contributed by atoms with Crippen molar-refractivity contribution in [1.29, 1.82) is 5.26 Å². The number of ether oxygens (including phenoxy) is 1. The van der Waals surface area contributed by atoms with Gasteiger partial charge in [0.2, 0.25) is 0 Å². The molecular weight excluding hydrogens is 240 g/mol. The van der Waals surface area contributed by atoms with Crippen LogP contribution in [0, 0.1) is 11.3 Å². The zero-order valence-electron chi connectivity index (χ0n) is 10.9. The minimum absolute atomic E-state index is 0.514. The molecule has 1 heterocycles. The van der Waals surface area contributed by atoms with Crippen LogP contribution in [-0.4, -0.2) is 24.4 Å². The van der Waals surface area contributed by atoms with Crippen LogP contribution in [0.3, 0.4) is 0 Å². The molecule has 0 radical (unpaired) electrons. The largest absolute Gasteiger partial charge is 0.497 e. The Balaban J connectivity index is 2.21. The second-order valence-electron chi connectivity index (χ2n) is 4.09. The van der Waals surface area contributed by atoms with Gasteiger partial charge < -0.3 is 9.64 Å². The average molecular weight is 254 g/mol. The molecule has 0 amide bonds. The third kappa shape index (κ3) is 2.99.